The summed E-state index contributed by atoms with van der Waals surface area (Å²) in [6.07, 6.45) is 1.48. The van der Waals surface area contributed by atoms with E-state index in [1.165, 1.54) is 6.20 Å². The lowest BCUT2D eigenvalue weighted by molar-refractivity contribution is 0.102. The first-order valence-electron chi connectivity index (χ1n) is 5.77. The molecule has 0 aliphatic rings. The molecule has 3 N–H and O–H groups in total. The highest BCUT2D eigenvalue weighted by Crippen LogP contribution is 2.15. The number of nitrogens with one attached hydrogen (secondary N) is 3. The normalized spacial score (nSPS) is 10.7. The zero-order valence-corrected chi connectivity index (χ0v) is 11.7. The number of hydrogen-bond acceptors (Lipinski definition) is 3. The van der Waals surface area contributed by atoms with Gasteiger partial charge >= 0.3 is 5.69 Å². The zero-order valence-electron chi connectivity index (χ0n) is 10.1. The van der Waals surface area contributed by atoms with Crippen molar-refractivity contribution in [1.29, 1.82) is 0 Å². The molecule has 1 amide bonds. The van der Waals surface area contributed by atoms with Crippen LogP contribution in [0.15, 0.2) is 45.9 Å². The van der Waals surface area contributed by atoms with Crippen LogP contribution >= 0.6 is 15.9 Å². The maximum absolute atomic E-state index is 12.0. The largest absolute Gasteiger partial charge is 0.323 e. The van der Waals surface area contributed by atoms with Crippen molar-refractivity contribution in [2.24, 2.45) is 0 Å². The van der Waals surface area contributed by atoms with Gasteiger partial charge in [0.05, 0.1) is 16.6 Å². The summed E-state index contributed by atoms with van der Waals surface area (Å²) in [4.78, 5) is 32.5. The molecule has 0 saturated carbocycles. The molecule has 0 unspecified atom stereocenters. The van der Waals surface area contributed by atoms with Crippen molar-refractivity contribution in [2.75, 3.05) is 5.32 Å². The lowest BCUT2D eigenvalue weighted by Crippen LogP contribution is -2.12. The average Bonchev–Trinajstić information content (AvgIpc) is 2.78. The van der Waals surface area contributed by atoms with Crippen molar-refractivity contribution in [2.45, 2.75) is 0 Å². The Morgan fingerprint density at radius 1 is 1.15 bits per heavy atom. The molecule has 2 heterocycles. The summed E-state index contributed by atoms with van der Waals surface area (Å²) in [7, 11) is 0. The third-order valence-corrected chi connectivity index (χ3v) is 3.23. The Labute approximate surface area is 121 Å². The monoisotopic (exact) mass is 332 g/mol. The van der Waals surface area contributed by atoms with E-state index in [1.807, 2.05) is 0 Å². The van der Waals surface area contributed by atoms with Gasteiger partial charge in [-0.1, -0.05) is 0 Å². The maximum Gasteiger partial charge on any atom is 0.323 e. The number of hydrogen-bond donors (Lipinski definition) is 3. The van der Waals surface area contributed by atoms with Crippen LogP contribution < -0.4 is 11.0 Å². The molecule has 3 rings (SSSR count). The number of halogens is 1. The maximum atomic E-state index is 12.0. The lowest BCUT2D eigenvalue weighted by Gasteiger charge is -2.05. The van der Waals surface area contributed by atoms with Crippen molar-refractivity contribution in [3.63, 3.8) is 0 Å². The van der Waals surface area contributed by atoms with E-state index < -0.39 is 0 Å². The minimum atomic E-state index is -0.277. The second kappa shape index (κ2) is 4.93. The number of aromatic nitrogens is 3. The molecule has 6 nitrogen and oxygen atoms in total. The third-order valence-electron chi connectivity index (χ3n) is 2.76. The Morgan fingerprint density at radius 3 is 2.70 bits per heavy atom. The number of aromatic amines is 2. The molecule has 0 fully saturated rings. The van der Waals surface area contributed by atoms with Crippen LogP contribution in [-0.2, 0) is 0 Å². The number of nitrogens with zero attached hydrogens (tertiary/aromatic N) is 1. The van der Waals surface area contributed by atoms with Crippen LogP contribution in [0, 0.1) is 0 Å². The van der Waals surface area contributed by atoms with Crippen molar-refractivity contribution >= 4 is 38.6 Å². The quantitative estimate of drug-likeness (QED) is 0.628. The molecule has 0 aliphatic heterocycles. The summed E-state index contributed by atoms with van der Waals surface area (Å²) in [6, 6.07) is 8.50. The Bertz CT molecular complexity index is 835. The average molecular weight is 333 g/mol. The fourth-order valence-electron chi connectivity index (χ4n) is 1.82. The van der Waals surface area contributed by atoms with Gasteiger partial charge in [-0.25, -0.2) is 9.78 Å². The summed E-state index contributed by atoms with van der Waals surface area (Å²) >= 11 is 3.21. The molecule has 0 aliphatic carbocycles. The summed E-state index contributed by atoms with van der Waals surface area (Å²) in [5, 5.41) is 2.75. The van der Waals surface area contributed by atoms with Crippen LogP contribution in [0.25, 0.3) is 11.0 Å². The van der Waals surface area contributed by atoms with Crippen LogP contribution in [0.2, 0.25) is 0 Å². The first-order chi connectivity index (χ1) is 9.61. The molecule has 0 atom stereocenters. The lowest BCUT2D eigenvalue weighted by atomic mass is 10.2. The SMILES string of the molecule is O=C(Nc1ccc2[nH]c(=O)[nH]c2c1)c1ccc(Br)nc1. The Kier molecular flexibility index (Phi) is 3.11. The fraction of sp³-hybridized carbons (Fsp3) is 0. The first-order valence-corrected chi connectivity index (χ1v) is 6.56. The molecular formula is C13H9BrN4O2. The third kappa shape index (κ3) is 2.48. The van der Waals surface area contributed by atoms with E-state index in [2.05, 4.69) is 36.2 Å². The Balaban J connectivity index is 1.86. The molecule has 20 heavy (non-hydrogen) atoms. The fourth-order valence-corrected chi connectivity index (χ4v) is 2.06. The van der Waals surface area contributed by atoms with Gasteiger partial charge in [0.15, 0.2) is 0 Å². The van der Waals surface area contributed by atoms with Gasteiger partial charge in [0.25, 0.3) is 5.91 Å². The molecule has 100 valence electrons. The number of pyridine rings is 1. The van der Waals surface area contributed by atoms with Crippen molar-refractivity contribution < 1.29 is 4.79 Å². The van der Waals surface area contributed by atoms with Crippen LogP contribution in [0.4, 0.5) is 5.69 Å². The smallest absolute Gasteiger partial charge is 0.322 e. The minimum Gasteiger partial charge on any atom is -0.322 e. The number of H-pyrrole nitrogens is 2. The summed E-state index contributed by atoms with van der Waals surface area (Å²) < 4.78 is 0.667. The Hall–Kier alpha value is -2.41. The molecule has 1 aromatic carbocycles. The number of imidazole rings is 1. The predicted octanol–water partition coefficient (Wildman–Crippen LogP) is 2.27. The van der Waals surface area contributed by atoms with Gasteiger partial charge in [0.1, 0.15) is 4.60 Å². The highest BCUT2D eigenvalue weighted by Gasteiger charge is 2.07. The number of rotatable bonds is 2. The van der Waals surface area contributed by atoms with Crippen LogP contribution in [-0.4, -0.2) is 20.9 Å². The summed E-state index contributed by atoms with van der Waals surface area (Å²) in [5.74, 6) is -0.262. The number of anilines is 1. The van der Waals surface area contributed by atoms with Gasteiger partial charge in [-0.15, -0.1) is 0 Å². The molecule has 7 heteroatoms. The topological polar surface area (TPSA) is 90.6 Å². The number of amides is 1. The second-order valence-corrected chi connectivity index (χ2v) is 4.98. The van der Waals surface area contributed by atoms with Gasteiger partial charge in [-0.05, 0) is 46.3 Å². The second-order valence-electron chi connectivity index (χ2n) is 4.16. The summed E-state index contributed by atoms with van der Waals surface area (Å²) in [6.45, 7) is 0. The molecule has 2 aromatic heterocycles. The van der Waals surface area contributed by atoms with Gasteiger partial charge in [-0.2, -0.15) is 0 Å². The van der Waals surface area contributed by atoms with E-state index in [9.17, 15) is 9.59 Å². The van der Waals surface area contributed by atoms with Crippen LogP contribution in [0.3, 0.4) is 0 Å². The first kappa shape index (κ1) is 12.6. The molecule has 0 spiro atoms. The van der Waals surface area contributed by atoms with E-state index in [1.54, 1.807) is 30.3 Å². The molecule has 0 radical (unpaired) electrons. The molecular weight excluding hydrogens is 324 g/mol. The highest BCUT2D eigenvalue weighted by molar-refractivity contribution is 9.10. The van der Waals surface area contributed by atoms with Crippen molar-refractivity contribution in [3.05, 3.63) is 57.2 Å². The standard InChI is InChI=1S/C13H9BrN4O2/c14-11-4-1-7(6-15-11)12(19)16-8-2-3-9-10(5-8)18-13(20)17-9/h1-6H,(H,16,19)(H2,17,18,20). The van der Waals surface area contributed by atoms with Gasteiger partial charge in [-0.3, -0.25) is 4.79 Å². The van der Waals surface area contributed by atoms with Gasteiger partial charge in [0, 0.05) is 11.9 Å². The van der Waals surface area contributed by atoms with Crippen molar-refractivity contribution in [1.82, 2.24) is 15.0 Å². The molecule has 3 aromatic rings. The van der Waals surface area contributed by atoms with E-state index in [-0.39, 0.29) is 11.6 Å². The predicted molar refractivity (Wildman–Crippen MR) is 78.8 cm³/mol. The van der Waals surface area contributed by atoms with Gasteiger partial charge in [0.2, 0.25) is 0 Å². The number of carbonyl (C=O) groups is 1. The number of carbonyl (C=O) groups excluding carboxylic acids is 1. The van der Waals surface area contributed by atoms with E-state index >= 15 is 0 Å². The van der Waals surface area contributed by atoms with Crippen LogP contribution in [0.5, 0.6) is 0 Å². The zero-order chi connectivity index (χ0) is 14.1. The van der Waals surface area contributed by atoms with Crippen LogP contribution in [0.1, 0.15) is 10.4 Å². The van der Waals surface area contributed by atoms with Crippen molar-refractivity contribution in [3.8, 4) is 0 Å². The number of benzene rings is 1. The van der Waals surface area contributed by atoms with E-state index in [4.69, 9.17) is 0 Å². The van der Waals surface area contributed by atoms with Gasteiger partial charge < -0.3 is 15.3 Å². The van der Waals surface area contributed by atoms with E-state index in [0.717, 1.165) is 0 Å². The van der Waals surface area contributed by atoms with E-state index in [0.29, 0.717) is 26.9 Å². The minimum absolute atomic E-state index is 0.262. The molecule has 0 saturated heterocycles. The molecule has 0 bridgehead atoms. The highest BCUT2D eigenvalue weighted by atomic mass is 79.9. The summed E-state index contributed by atoms with van der Waals surface area (Å²) in [5.41, 5.74) is 2.11. The Morgan fingerprint density at radius 2 is 1.95 bits per heavy atom. The number of fused-ring (bicyclic) bond motifs is 1.